The van der Waals surface area contributed by atoms with Gasteiger partial charge >= 0.3 is 0 Å². The number of carbonyl (C=O) groups excluding carboxylic acids is 1. The highest BCUT2D eigenvalue weighted by molar-refractivity contribution is 5.94. The molecule has 70 valence electrons. The molecule has 0 atom stereocenters. The maximum Gasteiger partial charge on any atom is 0.247 e. The van der Waals surface area contributed by atoms with E-state index in [1.165, 1.54) is 0 Å². The van der Waals surface area contributed by atoms with Crippen LogP contribution < -0.4 is 11.1 Å². The smallest absolute Gasteiger partial charge is 0.247 e. The minimum atomic E-state index is 0.0891. The normalized spacial score (nSPS) is 21.8. The molecule has 0 unspecified atom stereocenters. The van der Waals surface area contributed by atoms with Crippen LogP contribution in [0.2, 0.25) is 0 Å². The van der Waals surface area contributed by atoms with E-state index >= 15 is 0 Å². The van der Waals surface area contributed by atoms with Crippen LogP contribution in [0.15, 0.2) is 23.4 Å². The topological polar surface area (TPSA) is 55.1 Å². The van der Waals surface area contributed by atoms with Gasteiger partial charge in [0.25, 0.3) is 0 Å². The average molecular weight is 178 g/mol. The lowest BCUT2D eigenvalue weighted by molar-refractivity contribution is -0.117. The van der Waals surface area contributed by atoms with Gasteiger partial charge < -0.3 is 11.1 Å². The zero-order valence-corrected chi connectivity index (χ0v) is 7.55. The molecule has 0 radical (unpaired) electrons. The van der Waals surface area contributed by atoms with Gasteiger partial charge in [-0.2, -0.15) is 0 Å². The minimum Gasteiger partial charge on any atom is -0.402 e. The Bertz CT molecular complexity index is 287. The molecule has 0 heterocycles. The van der Waals surface area contributed by atoms with E-state index < -0.39 is 0 Å². The average Bonchev–Trinajstić information content (AvgIpc) is 2.89. The molecule has 0 spiro atoms. The number of hydrogen-bond acceptors (Lipinski definition) is 2. The predicted molar refractivity (Wildman–Crippen MR) is 50.8 cm³/mol. The van der Waals surface area contributed by atoms with Crippen molar-refractivity contribution in [1.29, 1.82) is 0 Å². The van der Waals surface area contributed by atoms with Crippen molar-refractivity contribution in [2.75, 3.05) is 0 Å². The number of hydrogen-bond donors (Lipinski definition) is 2. The van der Waals surface area contributed by atoms with Crippen LogP contribution in [-0.2, 0) is 4.79 Å². The van der Waals surface area contributed by atoms with Gasteiger partial charge in [0.05, 0.1) is 0 Å². The Balaban J connectivity index is 1.95. The van der Waals surface area contributed by atoms with Gasteiger partial charge in [-0.05, 0) is 31.8 Å². The molecule has 1 saturated carbocycles. The quantitative estimate of drug-likeness (QED) is 0.658. The van der Waals surface area contributed by atoms with Crippen molar-refractivity contribution in [3.8, 4) is 0 Å². The fourth-order valence-electron chi connectivity index (χ4n) is 1.35. The van der Waals surface area contributed by atoms with Gasteiger partial charge in [-0.25, -0.2) is 0 Å². The van der Waals surface area contributed by atoms with Crippen LogP contribution in [0.3, 0.4) is 0 Å². The molecule has 3 heteroatoms. The van der Waals surface area contributed by atoms with Crippen LogP contribution in [0.25, 0.3) is 0 Å². The predicted octanol–water partition coefficient (Wildman–Crippen LogP) is 0.828. The van der Waals surface area contributed by atoms with Crippen LogP contribution in [0.4, 0.5) is 0 Å². The van der Waals surface area contributed by atoms with Crippen molar-refractivity contribution in [3.63, 3.8) is 0 Å². The monoisotopic (exact) mass is 178 g/mol. The van der Waals surface area contributed by atoms with Crippen molar-refractivity contribution in [3.05, 3.63) is 23.4 Å². The number of nitrogens with one attached hydrogen (secondary N) is 1. The largest absolute Gasteiger partial charge is 0.402 e. The zero-order valence-electron chi connectivity index (χ0n) is 7.55. The number of carbonyl (C=O) groups is 1. The van der Waals surface area contributed by atoms with Crippen molar-refractivity contribution in [1.82, 2.24) is 5.32 Å². The van der Waals surface area contributed by atoms with Crippen LogP contribution >= 0.6 is 0 Å². The van der Waals surface area contributed by atoms with Crippen LogP contribution in [0.1, 0.15) is 25.7 Å². The van der Waals surface area contributed by atoms with E-state index in [4.69, 9.17) is 5.73 Å². The second-order valence-electron chi connectivity index (χ2n) is 3.68. The van der Waals surface area contributed by atoms with Crippen molar-refractivity contribution >= 4 is 5.91 Å². The summed E-state index contributed by atoms with van der Waals surface area (Å²) in [5, 5.41) is 2.96. The summed E-state index contributed by atoms with van der Waals surface area (Å²) >= 11 is 0. The van der Waals surface area contributed by atoms with Gasteiger partial charge in [-0.3, -0.25) is 4.79 Å². The Labute approximate surface area is 77.7 Å². The second kappa shape index (κ2) is 3.24. The summed E-state index contributed by atoms with van der Waals surface area (Å²) in [6.07, 6.45) is 7.51. The third-order valence-electron chi connectivity index (χ3n) is 2.39. The summed E-state index contributed by atoms with van der Waals surface area (Å²) in [6, 6.07) is 0.441. The molecule has 0 aromatic carbocycles. The first-order chi connectivity index (χ1) is 6.25. The first kappa shape index (κ1) is 8.35. The maximum absolute atomic E-state index is 11.5. The number of rotatable bonds is 2. The Hall–Kier alpha value is -1.25. The first-order valence-corrected chi connectivity index (χ1v) is 4.72. The fourth-order valence-corrected chi connectivity index (χ4v) is 1.35. The highest BCUT2D eigenvalue weighted by Gasteiger charge is 2.24. The Morgan fingerprint density at radius 2 is 2.15 bits per heavy atom. The van der Waals surface area contributed by atoms with Crippen molar-refractivity contribution < 1.29 is 4.79 Å². The molecule has 3 nitrogen and oxygen atoms in total. The SMILES string of the molecule is NC1=CC=C(C(=O)NC2CC2)CC1. The molecule has 13 heavy (non-hydrogen) atoms. The molecule has 0 aromatic heterocycles. The van der Waals surface area contributed by atoms with Crippen molar-refractivity contribution in [2.45, 2.75) is 31.7 Å². The summed E-state index contributed by atoms with van der Waals surface area (Å²) in [5.41, 5.74) is 7.32. The van der Waals surface area contributed by atoms with Gasteiger partial charge in [0.2, 0.25) is 5.91 Å². The third kappa shape index (κ3) is 2.11. The van der Waals surface area contributed by atoms with Gasteiger partial charge in [0.1, 0.15) is 0 Å². The molecule has 2 aliphatic carbocycles. The molecule has 1 amide bonds. The molecular formula is C10H14N2O. The first-order valence-electron chi connectivity index (χ1n) is 4.72. The van der Waals surface area contributed by atoms with E-state index in [0.29, 0.717) is 6.04 Å². The molecule has 2 aliphatic rings. The molecule has 0 aliphatic heterocycles. The highest BCUT2D eigenvalue weighted by atomic mass is 16.1. The molecular weight excluding hydrogens is 164 g/mol. The van der Waals surface area contributed by atoms with E-state index in [2.05, 4.69) is 5.32 Å². The number of amides is 1. The van der Waals surface area contributed by atoms with Crippen LogP contribution in [-0.4, -0.2) is 11.9 Å². The minimum absolute atomic E-state index is 0.0891. The lowest BCUT2D eigenvalue weighted by Crippen LogP contribution is -2.27. The molecule has 0 aromatic rings. The molecule has 2 rings (SSSR count). The van der Waals surface area contributed by atoms with E-state index in [0.717, 1.165) is 37.0 Å². The molecule has 1 fully saturated rings. The van der Waals surface area contributed by atoms with Crippen molar-refractivity contribution in [2.24, 2.45) is 5.73 Å². The van der Waals surface area contributed by atoms with Crippen LogP contribution in [0, 0.1) is 0 Å². The van der Waals surface area contributed by atoms with E-state index in [1.807, 2.05) is 12.2 Å². The highest BCUT2D eigenvalue weighted by Crippen LogP contribution is 2.21. The zero-order chi connectivity index (χ0) is 9.26. The summed E-state index contributed by atoms with van der Waals surface area (Å²) in [7, 11) is 0. The summed E-state index contributed by atoms with van der Waals surface area (Å²) < 4.78 is 0. The van der Waals surface area contributed by atoms with Gasteiger partial charge in [0, 0.05) is 17.3 Å². The number of nitrogens with two attached hydrogens (primary N) is 1. The maximum atomic E-state index is 11.5. The van der Waals surface area contributed by atoms with E-state index in [9.17, 15) is 4.79 Å². The second-order valence-corrected chi connectivity index (χ2v) is 3.68. The van der Waals surface area contributed by atoms with Gasteiger partial charge in [-0.15, -0.1) is 0 Å². The standard InChI is InChI=1S/C10H14N2O/c11-8-3-1-7(2-4-8)10(13)12-9-5-6-9/h1,3,9H,2,4-6,11H2,(H,12,13). The molecule has 0 bridgehead atoms. The fraction of sp³-hybridized carbons (Fsp3) is 0.500. The molecule has 3 N–H and O–H groups in total. The van der Waals surface area contributed by atoms with Gasteiger partial charge in [-0.1, -0.05) is 6.08 Å². The lowest BCUT2D eigenvalue weighted by Gasteiger charge is -2.11. The third-order valence-corrected chi connectivity index (χ3v) is 2.39. The summed E-state index contributed by atoms with van der Waals surface area (Å²) in [4.78, 5) is 11.5. The Morgan fingerprint density at radius 3 is 2.69 bits per heavy atom. The van der Waals surface area contributed by atoms with E-state index in [-0.39, 0.29) is 5.91 Å². The molecule has 0 saturated heterocycles. The lowest BCUT2D eigenvalue weighted by atomic mass is 10.0. The van der Waals surface area contributed by atoms with Gasteiger partial charge in [0.15, 0.2) is 0 Å². The summed E-state index contributed by atoms with van der Waals surface area (Å²) in [6.45, 7) is 0. The van der Waals surface area contributed by atoms with E-state index in [1.54, 1.807) is 0 Å². The Kier molecular flexibility index (Phi) is 2.08. The Morgan fingerprint density at radius 1 is 1.38 bits per heavy atom. The van der Waals surface area contributed by atoms with Crippen LogP contribution in [0.5, 0.6) is 0 Å². The summed E-state index contributed by atoms with van der Waals surface area (Å²) in [5.74, 6) is 0.0891. The number of allylic oxidation sites excluding steroid dienone is 3.